The van der Waals surface area contributed by atoms with Gasteiger partial charge >= 0.3 is 0 Å². The van der Waals surface area contributed by atoms with Gasteiger partial charge in [0.25, 0.3) is 10.1 Å². The van der Waals surface area contributed by atoms with E-state index in [-0.39, 0.29) is 4.90 Å². The lowest BCUT2D eigenvalue weighted by Gasteiger charge is -2.13. The van der Waals surface area contributed by atoms with E-state index in [1.807, 2.05) is 10.8 Å². The van der Waals surface area contributed by atoms with Crippen LogP contribution < -0.4 is 9.47 Å². The summed E-state index contributed by atoms with van der Waals surface area (Å²) < 4.78 is 36.8. The van der Waals surface area contributed by atoms with Crippen molar-refractivity contribution in [1.29, 1.82) is 0 Å². The second kappa shape index (κ2) is 6.74. The first-order chi connectivity index (χ1) is 9.63. The summed E-state index contributed by atoms with van der Waals surface area (Å²) >= 11 is 1.61. The SMILES string of the molecule is COS(=O)(=O)c1ccccc1.c1scc2c1OCCO2. The molecule has 0 unspecified atom stereocenters. The van der Waals surface area contributed by atoms with Crippen molar-refractivity contribution in [2.45, 2.75) is 4.90 Å². The molecule has 0 atom stereocenters. The predicted molar refractivity (Wildman–Crippen MR) is 75.9 cm³/mol. The van der Waals surface area contributed by atoms with Gasteiger partial charge in [0, 0.05) is 10.8 Å². The fourth-order valence-electron chi connectivity index (χ4n) is 1.47. The van der Waals surface area contributed by atoms with Crippen LogP contribution in [0.3, 0.4) is 0 Å². The molecule has 0 spiro atoms. The summed E-state index contributed by atoms with van der Waals surface area (Å²) in [6.45, 7) is 1.37. The second-order valence-electron chi connectivity index (χ2n) is 3.73. The van der Waals surface area contributed by atoms with E-state index in [2.05, 4.69) is 4.18 Å². The maximum atomic E-state index is 11.0. The minimum atomic E-state index is -3.50. The monoisotopic (exact) mass is 314 g/mol. The van der Waals surface area contributed by atoms with Crippen LogP contribution in [-0.4, -0.2) is 28.7 Å². The van der Waals surface area contributed by atoms with Crippen molar-refractivity contribution in [3.63, 3.8) is 0 Å². The number of thiophene rings is 1. The topological polar surface area (TPSA) is 61.8 Å². The van der Waals surface area contributed by atoms with Gasteiger partial charge in [-0.15, -0.1) is 11.3 Å². The third-order valence-corrected chi connectivity index (χ3v) is 4.43. The Morgan fingerprint density at radius 1 is 1.05 bits per heavy atom. The molecule has 0 aliphatic carbocycles. The molecule has 2 heterocycles. The summed E-state index contributed by atoms with van der Waals surface area (Å²) in [5.41, 5.74) is 0. The van der Waals surface area contributed by atoms with Crippen LogP contribution in [0, 0.1) is 0 Å². The van der Waals surface area contributed by atoms with Gasteiger partial charge in [-0.2, -0.15) is 8.42 Å². The van der Waals surface area contributed by atoms with Gasteiger partial charge in [-0.25, -0.2) is 0 Å². The van der Waals surface area contributed by atoms with Crippen LogP contribution in [0.5, 0.6) is 11.5 Å². The summed E-state index contributed by atoms with van der Waals surface area (Å²) in [6, 6.07) is 8.00. The summed E-state index contributed by atoms with van der Waals surface area (Å²) in [7, 11) is -2.36. The van der Waals surface area contributed by atoms with E-state index in [9.17, 15) is 8.42 Å². The molecule has 0 saturated heterocycles. The number of hydrogen-bond acceptors (Lipinski definition) is 6. The lowest BCUT2D eigenvalue weighted by Crippen LogP contribution is -2.13. The molecular formula is C13H14O5S2. The molecule has 0 radical (unpaired) electrons. The van der Waals surface area contributed by atoms with E-state index in [0.717, 1.165) is 18.6 Å². The zero-order valence-electron chi connectivity index (χ0n) is 10.8. The Balaban J connectivity index is 0.000000149. The van der Waals surface area contributed by atoms with Crippen molar-refractivity contribution in [3.8, 4) is 11.5 Å². The molecule has 7 heteroatoms. The Kier molecular flexibility index (Phi) is 4.99. The highest BCUT2D eigenvalue weighted by Crippen LogP contribution is 2.33. The molecule has 0 N–H and O–H groups in total. The van der Waals surface area contributed by atoms with Gasteiger partial charge in [0.1, 0.15) is 13.2 Å². The van der Waals surface area contributed by atoms with Crippen LogP contribution in [0.4, 0.5) is 0 Å². The molecule has 1 aromatic carbocycles. The van der Waals surface area contributed by atoms with E-state index < -0.39 is 10.1 Å². The molecule has 0 fully saturated rings. The minimum absolute atomic E-state index is 0.183. The quantitative estimate of drug-likeness (QED) is 0.797. The third-order valence-electron chi connectivity index (χ3n) is 2.44. The first kappa shape index (κ1) is 14.8. The van der Waals surface area contributed by atoms with Gasteiger partial charge in [0.15, 0.2) is 11.5 Å². The van der Waals surface area contributed by atoms with Gasteiger partial charge in [-0.05, 0) is 12.1 Å². The zero-order valence-corrected chi connectivity index (χ0v) is 12.4. The summed E-state index contributed by atoms with van der Waals surface area (Å²) in [4.78, 5) is 0.183. The lowest BCUT2D eigenvalue weighted by molar-refractivity contribution is 0.173. The molecule has 108 valence electrons. The van der Waals surface area contributed by atoms with Crippen molar-refractivity contribution >= 4 is 21.5 Å². The highest BCUT2D eigenvalue weighted by atomic mass is 32.2. The Labute approximate surface area is 121 Å². The number of rotatable bonds is 2. The van der Waals surface area contributed by atoms with Crippen LogP contribution in [0.25, 0.3) is 0 Å². The van der Waals surface area contributed by atoms with E-state index in [1.54, 1.807) is 29.5 Å². The van der Waals surface area contributed by atoms with Gasteiger partial charge in [0.05, 0.1) is 12.0 Å². The minimum Gasteiger partial charge on any atom is -0.485 e. The van der Waals surface area contributed by atoms with Gasteiger partial charge in [0.2, 0.25) is 0 Å². The molecule has 3 rings (SSSR count). The second-order valence-corrected chi connectivity index (χ2v) is 6.19. The fourth-order valence-corrected chi connectivity index (χ4v) is 2.84. The van der Waals surface area contributed by atoms with E-state index in [0.29, 0.717) is 13.2 Å². The summed E-state index contributed by atoms with van der Waals surface area (Å²) in [5, 5.41) is 3.91. The molecule has 0 bridgehead atoms. The molecule has 1 aliphatic heterocycles. The number of fused-ring (bicyclic) bond motifs is 1. The first-order valence-electron chi connectivity index (χ1n) is 5.81. The van der Waals surface area contributed by atoms with Crippen molar-refractivity contribution in [2.75, 3.05) is 20.3 Å². The predicted octanol–water partition coefficient (Wildman–Crippen LogP) is 2.54. The third kappa shape index (κ3) is 3.72. The highest BCUT2D eigenvalue weighted by Gasteiger charge is 2.11. The smallest absolute Gasteiger partial charge is 0.296 e. The molecule has 20 heavy (non-hydrogen) atoms. The maximum Gasteiger partial charge on any atom is 0.296 e. The molecule has 1 aromatic heterocycles. The molecule has 0 saturated carbocycles. The van der Waals surface area contributed by atoms with Crippen LogP contribution in [0.1, 0.15) is 0 Å². The van der Waals surface area contributed by atoms with E-state index in [4.69, 9.17) is 9.47 Å². The Morgan fingerprint density at radius 2 is 1.60 bits per heavy atom. The standard InChI is InChI=1S/C7H8O3S.C6H6O2S/c1-10-11(8,9)7-5-3-2-4-6-7;1-2-8-6-4-9-3-5(6)7-1/h2-6H,1H3;3-4H,1-2H2. The number of ether oxygens (including phenoxy) is 2. The van der Waals surface area contributed by atoms with Crippen LogP contribution in [0.15, 0.2) is 46.0 Å². The summed E-state index contributed by atoms with van der Waals surface area (Å²) in [5.74, 6) is 1.79. The van der Waals surface area contributed by atoms with Gasteiger partial charge in [-0.1, -0.05) is 18.2 Å². The Bertz CT molecular complexity index is 613. The van der Waals surface area contributed by atoms with Crippen LogP contribution >= 0.6 is 11.3 Å². The fraction of sp³-hybridized carbons (Fsp3) is 0.231. The largest absolute Gasteiger partial charge is 0.485 e. The highest BCUT2D eigenvalue weighted by molar-refractivity contribution is 7.86. The van der Waals surface area contributed by atoms with Gasteiger partial charge < -0.3 is 9.47 Å². The number of hydrogen-bond donors (Lipinski definition) is 0. The lowest BCUT2D eigenvalue weighted by atomic mass is 10.4. The van der Waals surface area contributed by atoms with Crippen molar-refractivity contribution in [1.82, 2.24) is 0 Å². The van der Waals surface area contributed by atoms with Crippen molar-refractivity contribution in [2.24, 2.45) is 0 Å². The Hall–Kier alpha value is -1.57. The molecular weight excluding hydrogens is 300 g/mol. The average Bonchev–Trinajstić information content (AvgIpc) is 2.97. The molecule has 5 nitrogen and oxygen atoms in total. The Morgan fingerprint density at radius 3 is 2.10 bits per heavy atom. The van der Waals surface area contributed by atoms with E-state index in [1.165, 1.54) is 12.1 Å². The molecule has 0 amide bonds. The van der Waals surface area contributed by atoms with Gasteiger partial charge in [-0.3, -0.25) is 4.18 Å². The van der Waals surface area contributed by atoms with Crippen LogP contribution in [0.2, 0.25) is 0 Å². The summed E-state index contributed by atoms with van der Waals surface area (Å²) in [6.07, 6.45) is 0. The zero-order chi connectivity index (χ0) is 14.4. The maximum absolute atomic E-state index is 11.0. The van der Waals surface area contributed by atoms with E-state index >= 15 is 0 Å². The van der Waals surface area contributed by atoms with Crippen molar-refractivity contribution < 1.29 is 22.1 Å². The normalized spacial score (nSPS) is 13.2. The molecule has 2 aromatic rings. The van der Waals surface area contributed by atoms with Crippen LogP contribution in [-0.2, 0) is 14.3 Å². The first-order valence-corrected chi connectivity index (χ1v) is 8.16. The number of benzene rings is 1. The van der Waals surface area contributed by atoms with Crippen molar-refractivity contribution in [3.05, 3.63) is 41.1 Å². The molecule has 1 aliphatic rings. The average molecular weight is 314 g/mol.